The number of carbonyl (C=O) groups is 1. The van der Waals surface area contributed by atoms with Gasteiger partial charge in [0.25, 0.3) is 5.69 Å². The smallest absolute Gasteiger partial charge is 0.407 e. The molecule has 170 valence electrons. The van der Waals surface area contributed by atoms with Gasteiger partial charge in [0.1, 0.15) is 18.8 Å². The van der Waals surface area contributed by atoms with Crippen molar-refractivity contribution in [2.24, 2.45) is 0 Å². The highest BCUT2D eigenvalue weighted by Gasteiger charge is 2.30. The van der Waals surface area contributed by atoms with E-state index in [4.69, 9.17) is 4.74 Å². The van der Waals surface area contributed by atoms with Gasteiger partial charge < -0.3 is 20.3 Å². The van der Waals surface area contributed by atoms with Gasteiger partial charge in [-0.15, -0.1) is 0 Å². The number of aliphatic hydroxyl groups is 2. The summed E-state index contributed by atoms with van der Waals surface area (Å²) in [7, 11) is 0. The second-order valence-corrected chi connectivity index (χ2v) is 7.98. The normalized spacial score (nSPS) is 14.2. The number of benzene rings is 3. The van der Waals surface area contributed by atoms with Gasteiger partial charge >= 0.3 is 6.09 Å². The van der Waals surface area contributed by atoms with Crippen LogP contribution in [0, 0.1) is 17.0 Å². The van der Waals surface area contributed by atoms with Crippen LogP contribution in [-0.4, -0.2) is 40.5 Å². The highest BCUT2D eigenvalue weighted by atomic mass is 16.6. The zero-order valence-corrected chi connectivity index (χ0v) is 18.0. The van der Waals surface area contributed by atoms with Gasteiger partial charge in [0.15, 0.2) is 0 Å². The molecule has 1 aliphatic rings. The van der Waals surface area contributed by atoms with E-state index in [1.54, 1.807) is 13.0 Å². The fourth-order valence-electron chi connectivity index (χ4n) is 4.35. The summed E-state index contributed by atoms with van der Waals surface area (Å²) in [5.74, 6) is -0.103. The van der Waals surface area contributed by atoms with E-state index in [1.807, 2.05) is 48.5 Å². The first-order valence-corrected chi connectivity index (χ1v) is 10.6. The van der Waals surface area contributed by atoms with Crippen LogP contribution in [0.5, 0.6) is 0 Å². The molecular weight excluding hydrogens is 424 g/mol. The highest BCUT2D eigenvalue weighted by molar-refractivity contribution is 5.79. The highest BCUT2D eigenvalue weighted by Crippen LogP contribution is 2.44. The number of nitrogens with one attached hydrogen (secondary N) is 1. The molecule has 0 aliphatic heterocycles. The standard InChI is InChI=1S/C25H24N2O6/c1-15-7-6-12-21(27(31)32)23(15)24(29)22(28)13-26-25(30)33-14-20-18-10-4-2-8-16(18)17-9-3-5-11-19(17)20/h2-12,20,22,24,28-29H,13-14H2,1H3,(H,26,30). The zero-order chi connectivity index (χ0) is 23.5. The van der Waals surface area contributed by atoms with Crippen molar-refractivity contribution in [2.75, 3.05) is 13.2 Å². The van der Waals surface area contributed by atoms with Gasteiger partial charge in [-0.05, 0) is 34.7 Å². The summed E-state index contributed by atoms with van der Waals surface area (Å²) in [4.78, 5) is 23.0. The maximum absolute atomic E-state index is 12.3. The average Bonchev–Trinajstić information content (AvgIpc) is 3.14. The third-order valence-electron chi connectivity index (χ3n) is 5.96. The molecule has 2 atom stereocenters. The van der Waals surface area contributed by atoms with Gasteiger partial charge in [-0.2, -0.15) is 0 Å². The summed E-state index contributed by atoms with van der Waals surface area (Å²) in [5, 5.41) is 34.5. The molecule has 3 aromatic rings. The van der Waals surface area contributed by atoms with Crippen LogP contribution in [0.15, 0.2) is 66.7 Å². The number of hydrogen-bond donors (Lipinski definition) is 3. The number of fused-ring (bicyclic) bond motifs is 3. The van der Waals surface area contributed by atoms with Crippen LogP contribution in [-0.2, 0) is 4.74 Å². The Balaban J connectivity index is 1.38. The molecule has 3 aromatic carbocycles. The summed E-state index contributed by atoms with van der Waals surface area (Å²) < 4.78 is 5.41. The van der Waals surface area contributed by atoms with Crippen LogP contribution in [0.1, 0.15) is 34.3 Å². The van der Waals surface area contributed by atoms with Crippen molar-refractivity contribution in [3.8, 4) is 11.1 Å². The van der Waals surface area contributed by atoms with E-state index in [1.165, 1.54) is 12.1 Å². The number of rotatable bonds is 7. The van der Waals surface area contributed by atoms with Crippen LogP contribution in [0.2, 0.25) is 0 Å². The summed E-state index contributed by atoms with van der Waals surface area (Å²) in [6, 6.07) is 20.3. The first-order valence-electron chi connectivity index (χ1n) is 10.6. The molecule has 8 nitrogen and oxygen atoms in total. The van der Waals surface area contributed by atoms with Gasteiger partial charge in [0.05, 0.1) is 10.5 Å². The number of aryl methyl sites for hydroxylation is 1. The summed E-state index contributed by atoms with van der Waals surface area (Å²) in [5.41, 5.74) is 4.58. The first kappa shape index (κ1) is 22.4. The fraction of sp³-hybridized carbons (Fsp3) is 0.240. The Hall–Kier alpha value is -3.75. The van der Waals surface area contributed by atoms with Crippen LogP contribution < -0.4 is 5.32 Å². The van der Waals surface area contributed by atoms with Crippen molar-refractivity contribution >= 4 is 11.8 Å². The van der Waals surface area contributed by atoms with Crippen molar-refractivity contribution < 1.29 is 24.7 Å². The second-order valence-electron chi connectivity index (χ2n) is 7.98. The Labute approximate surface area is 190 Å². The van der Waals surface area contributed by atoms with Crippen molar-refractivity contribution in [3.63, 3.8) is 0 Å². The molecule has 1 amide bonds. The number of aliphatic hydroxyl groups excluding tert-OH is 2. The minimum Gasteiger partial charge on any atom is -0.449 e. The van der Waals surface area contributed by atoms with E-state index in [-0.39, 0.29) is 30.3 Å². The van der Waals surface area contributed by atoms with Crippen molar-refractivity contribution in [1.82, 2.24) is 5.32 Å². The summed E-state index contributed by atoms with van der Waals surface area (Å²) in [6.07, 6.45) is -3.74. The predicted molar refractivity (Wildman–Crippen MR) is 122 cm³/mol. The average molecular weight is 448 g/mol. The third kappa shape index (κ3) is 4.44. The number of carbonyl (C=O) groups excluding carboxylic acids is 1. The Morgan fingerprint density at radius 1 is 1.03 bits per heavy atom. The van der Waals surface area contributed by atoms with Crippen LogP contribution in [0.3, 0.4) is 0 Å². The predicted octanol–water partition coefficient (Wildman–Crippen LogP) is 3.84. The molecular formula is C25H24N2O6. The van der Waals surface area contributed by atoms with Crippen LogP contribution in [0.4, 0.5) is 10.5 Å². The van der Waals surface area contributed by atoms with Gasteiger partial charge in [-0.3, -0.25) is 10.1 Å². The largest absolute Gasteiger partial charge is 0.449 e. The molecule has 0 saturated heterocycles. The molecule has 0 bridgehead atoms. The molecule has 0 heterocycles. The monoisotopic (exact) mass is 448 g/mol. The third-order valence-corrected chi connectivity index (χ3v) is 5.96. The number of alkyl carbamates (subject to hydrolysis) is 1. The number of nitro groups is 1. The fourth-order valence-corrected chi connectivity index (χ4v) is 4.35. The molecule has 4 rings (SSSR count). The number of nitrogens with zero attached hydrogens (tertiary/aromatic N) is 1. The summed E-state index contributed by atoms with van der Waals surface area (Å²) in [6.45, 7) is 1.39. The lowest BCUT2D eigenvalue weighted by Gasteiger charge is -2.20. The lowest BCUT2D eigenvalue weighted by Crippen LogP contribution is -2.36. The SMILES string of the molecule is Cc1cccc([N+](=O)[O-])c1C(O)C(O)CNC(=O)OCC1c2ccccc2-c2ccccc21. The van der Waals surface area contributed by atoms with Gasteiger partial charge in [-0.25, -0.2) is 4.79 Å². The van der Waals surface area contributed by atoms with E-state index in [2.05, 4.69) is 5.32 Å². The maximum Gasteiger partial charge on any atom is 0.407 e. The van der Waals surface area contributed by atoms with Crippen molar-refractivity contribution in [2.45, 2.75) is 25.0 Å². The van der Waals surface area contributed by atoms with E-state index in [9.17, 15) is 25.1 Å². The quantitative estimate of drug-likeness (QED) is 0.373. The van der Waals surface area contributed by atoms with E-state index in [0.29, 0.717) is 5.56 Å². The van der Waals surface area contributed by atoms with Crippen LogP contribution >= 0.6 is 0 Å². The van der Waals surface area contributed by atoms with Crippen molar-refractivity contribution in [3.05, 3.63) is 99.1 Å². The summed E-state index contributed by atoms with van der Waals surface area (Å²) >= 11 is 0. The Morgan fingerprint density at radius 3 is 2.24 bits per heavy atom. The molecule has 0 aromatic heterocycles. The molecule has 0 radical (unpaired) electrons. The Bertz CT molecular complexity index is 1150. The Morgan fingerprint density at radius 2 is 1.64 bits per heavy atom. The molecule has 0 saturated carbocycles. The van der Waals surface area contributed by atoms with E-state index >= 15 is 0 Å². The number of ether oxygens (including phenoxy) is 1. The minimum absolute atomic E-state index is 0.0179. The van der Waals surface area contributed by atoms with Crippen LogP contribution in [0.25, 0.3) is 11.1 Å². The van der Waals surface area contributed by atoms with Crippen molar-refractivity contribution in [1.29, 1.82) is 0 Å². The number of amides is 1. The Kier molecular flexibility index (Phi) is 6.39. The molecule has 0 spiro atoms. The van der Waals surface area contributed by atoms with Gasteiger partial charge in [-0.1, -0.05) is 60.7 Å². The lowest BCUT2D eigenvalue weighted by atomic mass is 9.97. The van der Waals surface area contributed by atoms with E-state index in [0.717, 1.165) is 22.3 Å². The molecule has 8 heteroatoms. The topological polar surface area (TPSA) is 122 Å². The minimum atomic E-state index is -1.54. The van der Waals surface area contributed by atoms with E-state index < -0.39 is 23.2 Å². The van der Waals surface area contributed by atoms with Gasteiger partial charge in [0, 0.05) is 18.5 Å². The van der Waals surface area contributed by atoms with Gasteiger partial charge in [0.2, 0.25) is 0 Å². The molecule has 33 heavy (non-hydrogen) atoms. The number of nitro benzene ring substituents is 1. The molecule has 3 N–H and O–H groups in total. The molecule has 2 unspecified atom stereocenters. The molecule has 0 fully saturated rings. The molecule has 1 aliphatic carbocycles. The first-order chi connectivity index (χ1) is 15.9. The number of hydrogen-bond acceptors (Lipinski definition) is 6. The second kappa shape index (κ2) is 9.40. The lowest BCUT2D eigenvalue weighted by molar-refractivity contribution is -0.386. The zero-order valence-electron chi connectivity index (χ0n) is 18.0. The maximum atomic E-state index is 12.3.